The van der Waals surface area contributed by atoms with Crippen molar-refractivity contribution >= 4 is 39.6 Å². The van der Waals surface area contributed by atoms with Gasteiger partial charge >= 0.3 is 0 Å². The maximum atomic E-state index is 11.9. The number of aryl methyl sites for hydroxylation is 1. The van der Waals surface area contributed by atoms with Crippen LogP contribution in [0.3, 0.4) is 0 Å². The first-order valence-electron chi connectivity index (χ1n) is 4.94. The predicted octanol–water partition coefficient (Wildman–Crippen LogP) is 1.95. The molecular formula is C10H15N3OS2. The van der Waals surface area contributed by atoms with Gasteiger partial charge in [0, 0.05) is 5.38 Å². The van der Waals surface area contributed by atoms with E-state index in [0.29, 0.717) is 5.13 Å². The fraction of sp³-hybridized carbons (Fsp3) is 0.500. The molecule has 16 heavy (non-hydrogen) atoms. The minimum absolute atomic E-state index is 0.0820. The number of amides is 1. The molecule has 1 heterocycles. The third kappa shape index (κ3) is 3.24. The molecule has 0 bridgehead atoms. The van der Waals surface area contributed by atoms with E-state index in [1.165, 1.54) is 11.3 Å². The summed E-state index contributed by atoms with van der Waals surface area (Å²) in [6.45, 7) is 5.70. The average molecular weight is 257 g/mol. The Morgan fingerprint density at radius 2 is 2.25 bits per heavy atom. The Balaban J connectivity index is 2.73. The summed E-state index contributed by atoms with van der Waals surface area (Å²) in [5.41, 5.74) is 6.44. The van der Waals surface area contributed by atoms with Crippen molar-refractivity contribution < 1.29 is 4.79 Å². The number of carbonyl (C=O) groups is 1. The average Bonchev–Trinajstić information content (AvgIpc) is 2.49. The number of thiocarbonyl (C=S) groups is 1. The van der Waals surface area contributed by atoms with Gasteiger partial charge in [-0.3, -0.25) is 4.79 Å². The van der Waals surface area contributed by atoms with Crippen LogP contribution >= 0.6 is 23.6 Å². The van der Waals surface area contributed by atoms with Crippen molar-refractivity contribution in [2.45, 2.75) is 20.8 Å². The van der Waals surface area contributed by atoms with E-state index in [1.54, 1.807) is 0 Å². The molecule has 1 aromatic rings. The number of thiazole rings is 1. The van der Waals surface area contributed by atoms with Gasteiger partial charge in [-0.25, -0.2) is 4.98 Å². The standard InChI is InChI=1S/C10H15N3OS2/c1-5(2)7(8(11)15)9(14)13-10-12-6(3)4-16-10/h4-5,7H,1-3H3,(H2,11,15)(H,12,13,14). The molecule has 0 aliphatic rings. The number of hydrogen-bond donors (Lipinski definition) is 2. The third-order valence-electron chi connectivity index (χ3n) is 2.10. The number of rotatable bonds is 4. The summed E-state index contributed by atoms with van der Waals surface area (Å²) >= 11 is 6.28. The fourth-order valence-corrected chi connectivity index (χ4v) is 2.43. The molecule has 1 rings (SSSR count). The molecule has 0 saturated carbocycles. The van der Waals surface area contributed by atoms with E-state index in [0.717, 1.165) is 5.69 Å². The van der Waals surface area contributed by atoms with Gasteiger partial charge in [-0.1, -0.05) is 26.1 Å². The van der Waals surface area contributed by atoms with Crippen LogP contribution in [0.15, 0.2) is 5.38 Å². The Kier molecular flexibility index (Phi) is 4.37. The number of hydrogen-bond acceptors (Lipinski definition) is 4. The lowest BCUT2D eigenvalue weighted by Crippen LogP contribution is -2.36. The second-order valence-electron chi connectivity index (χ2n) is 3.91. The molecule has 0 radical (unpaired) electrons. The molecule has 0 fully saturated rings. The number of nitrogens with one attached hydrogen (secondary N) is 1. The number of carbonyl (C=O) groups excluding carboxylic acids is 1. The van der Waals surface area contributed by atoms with Crippen LogP contribution in [0.5, 0.6) is 0 Å². The quantitative estimate of drug-likeness (QED) is 0.809. The van der Waals surface area contributed by atoms with Crippen LogP contribution in [0.2, 0.25) is 0 Å². The van der Waals surface area contributed by atoms with Crippen LogP contribution in [-0.4, -0.2) is 15.9 Å². The van der Waals surface area contributed by atoms with E-state index < -0.39 is 5.92 Å². The summed E-state index contributed by atoms with van der Waals surface area (Å²) in [5.74, 6) is -0.547. The highest BCUT2D eigenvalue weighted by Crippen LogP contribution is 2.18. The highest BCUT2D eigenvalue weighted by atomic mass is 32.1. The highest BCUT2D eigenvalue weighted by molar-refractivity contribution is 7.80. The molecular weight excluding hydrogens is 242 g/mol. The molecule has 0 saturated heterocycles. The Morgan fingerprint density at radius 1 is 1.62 bits per heavy atom. The zero-order chi connectivity index (χ0) is 12.3. The van der Waals surface area contributed by atoms with Gasteiger partial charge in [0.05, 0.1) is 16.6 Å². The lowest BCUT2D eigenvalue weighted by Gasteiger charge is -2.17. The maximum absolute atomic E-state index is 11.9. The molecule has 88 valence electrons. The van der Waals surface area contributed by atoms with Crippen LogP contribution in [0.4, 0.5) is 5.13 Å². The second kappa shape index (κ2) is 5.36. The van der Waals surface area contributed by atoms with Crippen molar-refractivity contribution in [1.29, 1.82) is 0 Å². The van der Waals surface area contributed by atoms with E-state index in [1.807, 2.05) is 26.2 Å². The molecule has 0 spiro atoms. The van der Waals surface area contributed by atoms with Gasteiger partial charge < -0.3 is 11.1 Å². The van der Waals surface area contributed by atoms with Crippen LogP contribution in [0.25, 0.3) is 0 Å². The smallest absolute Gasteiger partial charge is 0.236 e. The Labute approximate surface area is 104 Å². The molecule has 0 aliphatic heterocycles. The van der Waals surface area contributed by atoms with Crippen LogP contribution in [0.1, 0.15) is 19.5 Å². The van der Waals surface area contributed by atoms with Crippen LogP contribution < -0.4 is 11.1 Å². The SMILES string of the molecule is Cc1csc(NC(=O)C(C(N)=S)C(C)C)n1. The topological polar surface area (TPSA) is 68.0 Å². The molecule has 0 aromatic carbocycles. The monoisotopic (exact) mass is 257 g/mol. The minimum Gasteiger partial charge on any atom is -0.393 e. The van der Waals surface area contributed by atoms with Gasteiger partial charge in [-0.05, 0) is 12.8 Å². The van der Waals surface area contributed by atoms with E-state index in [2.05, 4.69) is 10.3 Å². The summed E-state index contributed by atoms with van der Waals surface area (Å²) in [5, 5.41) is 5.19. The van der Waals surface area contributed by atoms with Crippen molar-refractivity contribution in [3.05, 3.63) is 11.1 Å². The first kappa shape index (κ1) is 13.1. The Morgan fingerprint density at radius 3 is 2.62 bits per heavy atom. The number of nitrogens with two attached hydrogens (primary N) is 1. The summed E-state index contributed by atoms with van der Waals surface area (Å²) in [6, 6.07) is 0. The first-order valence-corrected chi connectivity index (χ1v) is 6.23. The summed E-state index contributed by atoms with van der Waals surface area (Å²) in [7, 11) is 0. The van der Waals surface area contributed by atoms with Gasteiger partial charge in [0.1, 0.15) is 0 Å². The minimum atomic E-state index is -0.445. The number of aromatic nitrogens is 1. The van der Waals surface area contributed by atoms with E-state index in [9.17, 15) is 4.79 Å². The molecule has 1 aromatic heterocycles. The van der Waals surface area contributed by atoms with E-state index >= 15 is 0 Å². The van der Waals surface area contributed by atoms with Gasteiger partial charge in [-0.2, -0.15) is 0 Å². The lowest BCUT2D eigenvalue weighted by molar-refractivity contribution is -0.118. The van der Waals surface area contributed by atoms with Gasteiger partial charge in [0.2, 0.25) is 5.91 Å². The highest BCUT2D eigenvalue weighted by Gasteiger charge is 2.25. The lowest BCUT2D eigenvalue weighted by atomic mass is 9.95. The van der Waals surface area contributed by atoms with E-state index in [-0.39, 0.29) is 16.8 Å². The van der Waals surface area contributed by atoms with Gasteiger partial charge in [0.25, 0.3) is 0 Å². The molecule has 1 unspecified atom stereocenters. The summed E-state index contributed by atoms with van der Waals surface area (Å²) < 4.78 is 0. The fourth-order valence-electron chi connectivity index (χ4n) is 1.36. The first-order chi connectivity index (χ1) is 7.41. The van der Waals surface area contributed by atoms with Gasteiger partial charge in [-0.15, -0.1) is 11.3 Å². The Hall–Kier alpha value is -1.01. The molecule has 3 N–H and O–H groups in total. The third-order valence-corrected chi connectivity index (χ3v) is 3.23. The largest absolute Gasteiger partial charge is 0.393 e. The normalized spacial score (nSPS) is 12.5. The number of anilines is 1. The van der Waals surface area contributed by atoms with Crippen molar-refractivity contribution in [3.8, 4) is 0 Å². The van der Waals surface area contributed by atoms with Crippen molar-refractivity contribution in [1.82, 2.24) is 4.98 Å². The van der Waals surface area contributed by atoms with Crippen LogP contribution in [-0.2, 0) is 4.79 Å². The Bertz CT molecular complexity index is 401. The maximum Gasteiger partial charge on any atom is 0.236 e. The second-order valence-corrected chi connectivity index (χ2v) is 5.24. The van der Waals surface area contributed by atoms with Crippen molar-refractivity contribution in [2.75, 3.05) is 5.32 Å². The van der Waals surface area contributed by atoms with E-state index in [4.69, 9.17) is 18.0 Å². The van der Waals surface area contributed by atoms with Crippen molar-refractivity contribution in [2.24, 2.45) is 17.6 Å². The zero-order valence-corrected chi connectivity index (χ0v) is 11.1. The summed E-state index contributed by atoms with van der Waals surface area (Å²) in [4.78, 5) is 16.3. The number of nitrogens with zero attached hydrogens (tertiary/aromatic N) is 1. The van der Waals surface area contributed by atoms with Gasteiger partial charge in [0.15, 0.2) is 5.13 Å². The van der Waals surface area contributed by atoms with Crippen molar-refractivity contribution in [3.63, 3.8) is 0 Å². The predicted molar refractivity (Wildman–Crippen MR) is 70.6 cm³/mol. The molecule has 1 amide bonds. The summed E-state index contributed by atoms with van der Waals surface area (Å²) in [6.07, 6.45) is 0. The molecule has 4 nitrogen and oxygen atoms in total. The molecule has 0 aliphatic carbocycles. The van der Waals surface area contributed by atoms with Crippen LogP contribution in [0, 0.1) is 18.8 Å². The zero-order valence-electron chi connectivity index (χ0n) is 9.48. The molecule has 1 atom stereocenters. The molecule has 6 heteroatoms.